The Labute approximate surface area is 133 Å². The van der Waals surface area contributed by atoms with Gasteiger partial charge in [0.1, 0.15) is 7.05 Å². The molecule has 1 N–H and O–H groups in total. The number of allylic oxidation sites excluding steroid dienone is 6. The van der Waals surface area contributed by atoms with Gasteiger partial charge in [-0.2, -0.15) is 0 Å². The lowest BCUT2D eigenvalue weighted by molar-refractivity contribution is -0.478. The Hall–Kier alpha value is -2.29. The highest BCUT2D eigenvalue weighted by molar-refractivity contribution is 5.70. The fourth-order valence-corrected chi connectivity index (χ4v) is 2.79. The van der Waals surface area contributed by atoms with Gasteiger partial charge >= 0.3 is 0 Å². The van der Waals surface area contributed by atoms with Crippen LogP contribution in [0, 0.1) is 0 Å². The lowest BCUT2D eigenvalue weighted by Crippen LogP contribution is -2.06. The molecule has 0 bridgehead atoms. The van der Waals surface area contributed by atoms with Crippen molar-refractivity contribution < 1.29 is 4.58 Å². The second-order valence-corrected chi connectivity index (χ2v) is 6.18. The first kappa shape index (κ1) is 14.6. The van der Waals surface area contributed by atoms with Gasteiger partial charge in [-0.05, 0) is 29.5 Å². The molecule has 0 amide bonds. The van der Waals surface area contributed by atoms with Gasteiger partial charge in [-0.1, -0.05) is 24.3 Å². The van der Waals surface area contributed by atoms with Crippen LogP contribution >= 0.6 is 0 Å². The van der Waals surface area contributed by atoms with Crippen LogP contribution in [-0.4, -0.2) is 49.4 Å². The average molecular weight is 294 g/mol. The summed E-state index contributed by atoms with van der Waals surface area (Å²) >= 11 is 0. The summed E-state index contributed by atoms with van der Waals surface area (Å²) in [6.07, 6.45) is 20.7. The molecule has 0 aromatic carbocycles. The summed E-state index contributed by atoms with van der Waals surface area (Å²) in [7, 11) is 4.20. The Kier molecular flexibility index (Phi) is 4.42. The van der Waals surface area contributed by atoms with Gasteiger partial charge in [-0.3, -0.25) is 0 Å². The molecule has 3 aliphatic rings. The summed E-state index contributed by atoms with van der Waals surface area (Å²) in [6, 6.07) is 0. The van der Waals surface area contributed by atoms with E-state index in [-0.39, 0.29) is 0 Å². The van der Waals surface area contributed by atoms with E-state index < -0.39 is 0 Å². The van der Waals surface area contributed by atoms with Crippen molar-refractivity contribution in [3.05, 3.63) is 71.1 Å². The lowest BCUT2D eigenvalue weighted by atomic mass is 10.1. The van der Waals surface area contributed by atoms with Crippen molar-refractivity contribution in [1.82, 2.24) is 10.2 Å². The normalized spacial score (nSPS) is 26.6. The Morgan fingerprint density at radius 2 is 2.18 bits per heavy atom. The SMILES string of the molecule is CN1C=CC(=CC=C2CNC(=CC=CC3=CC=[N+](C)C3)C2)C1. The summed E-state index contributed by atoms with van der Waals surface area (Å²) < 4.78 is 2.18. The van der Waals surface area contributed by atoms with Crippen molar-refractivity contribution in [2.75, 3.05) is 33.7 Å². The molecule has 114 valence electrons. The van der Waals surface area contributed by atoms with Crippen molar-refractivity contribution in [2.24, 2.45) is 0 Å². The lowest BCUT2D eigenvalue weighted by Gasteiger charge is -2.04. The molecule has 0 aromatic heterocycles. The Morgan fingerprint density at radius 3 is 2.91 bits per heavy atom. The van der Waals surface area contributed by atoms with E-state index in [4.69, 9.17) is 0 Å². The summed E-state index contributed by atoms with van der Waals surface area (Å²) in [4.78, 5) is 2.19. The monoisotopic (exact) mass is 294 g/mol. The molecule has 3 rings (SSSR count). The molecule has 0 spiro atoms. The van der Waals surface area contributed by atoms with Gasteiger partial charge in [0.15, 0.2) is 12.8 Å². The molecule has 3 heterocycles. The van der Waals surface area contributed by atoms with Crippen LogP contribution < -0.4 is 5.32 Å². The number of hydrogen-bond donors (Lipinski definition) is 1. The number of nitrogens with zero attached hydrogens (tertiary/aromatic N) is 2. The van der Waals surface area contributed by atoms with Crippen LogP contribution in [0.15, 0.2) is 71.1 Å². The van der Waals surface area contributed by atoms with Crippen molar-refractivity contribution in [1.29, 1.82) is 0 Å². The van der Waals surface area contributed by atoms with Crippen LogP contribution in [0.3, 0.4) is 0 Å². The molecule has 1 saturated heterocycles. The van der Waals surface area contributed by atoms with E-state index in [2.05, 4.69) is 83.8 Å². The van der Waals surface area contributed by atoms with Crippen molar-refractivity contribution in [3.63, 3.8) is 0 Å². The first-order valence-corrected chi connectivity index (χ1v) is 7.81. The van der Waals surface area contributed by atoms with E-state index in [1.807, 2.05) is 0 Å². The van der Waals surface area contributed by atoms with Gasteiger partial charge in [-0.15, -0.1) is 0 Å². The third-order valence-electron chi connectivity index (χ3n) is 4.05. The maximum atomic E-state index is 3.47. The molecule has 0 aromatic rings. The van der Waals surface area contributed by atoms with Crippen molar-refractivity contribution in [3.8, 4) is 0 Å². The summed E-state index contributed by atoms with van der Waals surface area (Å²) in [6.45, 7) is 2.99. The summed E-state index contributed by atoms with van der Waals surface area (Å²) in [5.74, 6) is 0. The topological polar surface area (TPSA) is 18.3 Å². The van der Waals surface area contributed by atoms with E-state index in [1.165, 1.54) is 22.4 Å². The second kappa shape index (κ2) is 6.65. The highest BCUT2D eigenvalue weighted by Crippen LogP contribution is 2.18. The van der Waals surface area contributed by atoms with Gasteiger partial charge in [0.2, 0.25) is 0 Å². The molecular formula is C19H24N3+. The number of nitrogens with one attached hydrogen (secondary N) is 1. The zero-order valence-electron chi connectivity index (χ0n) is 13.4. The van der Waals surface area contributed by atoms with E-state index in [0.29, 0.717) is 0 Å². The van der Waals surface area contributed by atoms with Crippen LogP contribution in [0.4, 0.5) is 0 Å². The Bertz CT molecular complexity index is 654. The van der Waals surface area contributed by atoms with E-state index in [9.17, 15) is 0 Å². The van der Waals surface area contributed by atoms with Gasteiger partial charge in [0.05, 0.1) is 0 Å². The average Bonchev–Trinajstić information content (AvgIpc) is 3.20. The predicted molar refractivity (Wildman–Crippen MR) is 93.0 cm³/mol. The standard InChI is InChI=1S/C19H23N3/c1-21-10-8-16(14-21)4-3-5-19-12-18(13-20-19)7-6-17-9-11-22(2)15-17/h3-11H,12-15H2,1-2H3/p+1. The highest BCUT2D eigenvalue weighted by Gasteiger charge is 2.10. The zero-order chi connectivity index (χ0) is 15.4. The maximum Gasteiger partial charge on any atom is 0.168 e. The molecule has 3 aliphatic heterocycles. The first-order valence-electron chi connectivity index (χ1n) is 7.81. The molecule has 0 unspecified atom stereocenters. The minimum absolute atomic E-state index is 0.961. The highest BCUT2D eigenvalue weighted by atomic mass is 15.1. The summed E-state index contributed by atoms with van der Waals surface area (Å²) in [5.41, 5.74) is 5.48. The van der Waals surface area contributed by atoms with Crippen LogP contribution in [0.5, 0.6) is 0 Å². The molecule has 0 aliphatic carbocycles. The number of rotatable bonds is 3. The third kappa shape index (κ3) is 3.88. The molecule has 1 fully saturated rings. The zero-order valence-corrected chi connectivity index (χ0v) is 13.4. The molecule has 3 nitrogen and oxygen atoms in total. The van der Waals surface area contributed by atoms with Crippen LogP contribution in [-0.2, 0) is 0 Å². The van der Waals surface area contributed by atoms with E-state index in [0.717, 1.165) is 26.1 Å². The van der Waals surface area contributed by atoms with Crippen LogP contribution in [0.1, 0.15) is 6.42 Å². The predicted octanol–water partition coefficient (Wildman–Crippen LogP) is 2.38. The smallest absolute Gasteiger partial charge is 0.168 e. The molecule has 22 heavy (non-hydrogen) atoms. The Morgan fingerprint density at radius 1 is 1.27 bits per heavy atom. The number of likely N-dealkylation sites (N-methyl/N-ethyl adjacent to an activating group) is 2. The van der Waals surface area contributed by atoms with Crippen LogP contribution in [0.25, 0.3) is 0 Å². The first-order chi connectivity index (χ1) is 10.7. The van der Waals surface area contributed by atoms with Crippen molar-refractivity contribution in [2.45, 2.75) is 6.42 Å². The quantitative estimate of drug-likeness (QED) is 0.806. The number of hydrogen-bond acceptors (Lipinski definition) is 2. The van der Waals surface area contributed by atoms with Gasteiger partial charge in [-0.25, -0.2) is 4.58 Å². The van der Waals surface area contributed by atoms with Gasteiger partial charge < -0.3 is 10.2 Å². The third-order valence-corrected chi connectivity index (χ3v) is 4.05. The van der Waals surface area contributed by atoms with E-state index >= 15 is 0 Å². The maximum absolute atomic E-state index is 3.47. The second-order valence-electron chi connectivity index (χ2n) is 6.18. The Balaban J connectivity index is 1.53. The van der Waals surface area contributed by atoms with Gasteiger partial charge in [0.25, 0.3) is 0 Å². The van der Waals surface area contributed by atoms with Crippen LogP contribution in [0.2, 0.25) is 0 Å². The van der Waals surface area contributed by atoms with Crippen molar-refractivity contribution >= 4 is 6.21 Å². The molecular weight excluding hydrogens is 270 g/mol. The largest absolute Gasteiger partial charge is 0.384 e. The minimum atomic E-state index is 0.961. The molecule has 3 heteroatoms. The fraction of sp³-hybridized carbons (Fsp3) is 0.316. The molecule has 0 radical (unpaired) electrons. The molecule has 0 saturated carbocycles. The summed E-state index contributed by atoms with van der Waals surface area (Å²) in [5, 5.41) is 3.47. The fourth-order valence-electron chi connectivity index (χ4n) is 2.79. The molecule has 0 atom stereocenters. The minimum Gasteiger partial charge on any atom is -0.384 e. The van der Waals surface area contributed by atoms with E-state index in [1.54, 1.807) is 0 Å². The van der Waals surface area contributed by atoms with Gasteiger partial charge in [0, 0.05) is 43.9 Å².